The van der Waals surface area contributed by atoms with Crippen molar-refractivity contribution in [1.82, 2.24) is 4.90 Å². The van der Waals surface area contributed by atoms with E-state index >= 15 is 0 Å². The highest BCUT2D eigenvalue weighted by atomic mass is 16.5. The molecule has 0 saturated carbocycles. The minimum Gasteiger partial charge on any atom is -0.507 e. The van der Waals surface area contributed by atoms with Crippen LogP contribution in [0.3, 0.4) is 0 Å². The van der Waals surface area contributed by atoms with Gasteiger partial charge in [0.25, 0.3) is 11.7 Å². The summed E-state index contributed by atoms with van der Waals surface area (Å²) in [7, 11) is 7.10. The van der Waals surface area contributed by atoms with Gasteiger partial charge in [-0.1, -0.05) is 24.3 Å². The number of ether oxygens (including phenoxy) is 2. The number of amides is 1. The molecule has 3 aromatic carbocycles. The second-order valence-corrected chi connectivity index (χ2v) is 9.71. The summed E-state index contributed by atoms with van der Waals surface area (Å²) >= 11 is 0. The minimum absolute atomic E-state index is 0.0926. The molecule has 0 aromatic heterocycles. The van der Waals surface area contributed by atoms with Crippen LogP contribution in [0.5, 0.6) is 11.5 Å². The van der Waals surface area contributed by atoms with Gasteiger partial charge < -0.3 is 24.4 Å². The lowest BCUT2D eigenvalue weighted by Crippen LogP contribution is -2.31. The van der Waals surface area contributed by atoms with Crippen LogP contribution in [0.1, 0.15) is 33.9 Å². The first-order valence-corrected chi connectivity index (χ1v) is 12.5. The molecule has 0 aliphatic carbocycles. The van der Waals surface area contributed by atoms with E-state index in [1.54, 1.807) is 25.2 Å². The van der Waals surface area contributed by atoms with Crippen LogP contribution in [0.2, 0.25) is 0 Å². The summed E-state index contributed by atoms with van der Waals surface area (Å²) < 4.78 is 10.7. The predicted molar refractivity (Wildman–Crippen MR) is 149 cm³/mol. The second-order valence-electron chi connectivity index (χ2n) is 9.71. The maximum absolute atomic E-state index is 13.4. The van der Waals surface area contributed by atoms with Crippen molar-refractivity contribution in [3.8, 4) is 11.5 Å². The first-order chi connectivity index (χ1) is 18.2. The number of hydrogen-bond donors (Lipinski definition) is 1. The fraction of sp³-hybridized carbons (Fsp3) is 0.290. The first kappa shape index (κ1) is 26.8. The maximum atomic E-state index is 13.4. The quantitative estimate of drug-likeness (QED) is 0.257. The lowest BCUT2D eigenvalue weighted by molar-refractivity contribution is -0.139. The molecule has 1 aliphatic rings. The first-order valence-electron chi connectivity index (χ1n) is 12.5. The molecule has 1 aliphatic heterocycles. The number of anilines is 1. The minimum atomic E-state index is -0.716. The van der Waals surface area contributed by atoms with Crippen molar-refractivity contribution >= 4 is 23.1 Å². The van der Waals surface area contributed by atoms with Gasteiger partial charge in [0, 0.05) is 31.9 Å². The van der Waals surface area contributed by atoms with E-state index in [1.807, 2.05) is 87.4 Å². The molecule has 7 nitrogen and oxygen atoms in total. The van der Waals surface area contributed by atoms with Crippen LogP contribution >= 0.6 is 0 Å². The molecule has 4 rings (SSSR count). The molecule has 3 aromatic rings. The topological polar surface area (TPSA) is 79.3 Å². The zero-order valence-corrected chi connectivity index (χ0v) is 22.7. The summed E-state index contributed by atoms with van der Waals surface area (Å²) in [5.41, 5.74) is 4.92. The maximum Gasteiger partial charge on any atom is 0.295 e. The van der Waals surface area contributed by atoms with Crippen LogP contribution < -0.4 is 14.4 Å². The van der Waals surface area contributed by atoms with Gasteiger partial charge >= 0.3 is 0 Å². The molecular weight excluding hydrogens is 480 g/mol. The van der Waals surface area contributed by atoms with Crippen LogP contribution in [0, 0.1) is 13.8 Å². The molecule has 198 valence electrons. The van der Waals surface area contributed by atoms with E-state index in [1.165, 1.54) is 0 Å². The molecule has 1 heterocycles. The van der Waals surface area contributed by atoms with E-state index in [-0.39, 0.29) is 11.3 Å². The molecule has 38 heavy (non-hydrogen) atoms. The number of carbonyl (C=O) groups excluding carboxylic acids is 2. The Bertz CT molecular complexity index is 1370. The molecule has 1 N–H and O–H groups in total. The largest absolute Gasteiger partial charge is 0.507 e. The number of carbonyl (C=O) groups is 2. The third kappa shape index (κ3) is 5.09. The van der Waals surface area contributed by atoms with Gasteiger partial charge in [-0.3, -0.25) is 9.59 Å². The highest BCUT2D eigenvalue weighted by molar-refractivity contribution is 6.46. The number of aliphatic hydroxyl groups is 1. The highest BCUT2D eigenvalue weighted by Gasteiger charge is 2.46. The van der Waals surface area contributed by atoms with Gasteiger partial charge in [0.1, 0.15) is 17.3 Å². The van der Waals surface area contributed by atoms with Gasteiger partial charge in [0.2, 0.25) is 0 Å². The number of likely N-dealkylation sites (tertiary alicyclic amines) is 1. The van der Waals surface area contributed by atoms with Crippen LogP contribution in [-0.2, 0) is 16.0 Å². The van der Waals surface area contributed by atoms with E-state index in [2.05, 4.69) is 0 Å². The molecule has 7 heteroatoms. The summed E-state index contributed by atoms with van der Waals surface area (Å²) in [5.74, 6) is -0.0493. The Morgan fingerprint density at radius 3 is 2.16 bits per heavy atom. The van der Waals surface area contributed by atoms with Crippen molar-refractivity contribution in [3.05, 3.63) is 94.1 Å². The van der Waals surface area contributed by atoms with E-state index in [0.29, 0.717) is 24.3 Å². The smallest absolute Gasteiger partial charge is 0.295 e. The fourth-order valence-corrected chi connectivity index (χ4v) is 4.86. The van der Waals surface area contributed by atoms with E-state index in [0.717, 1.165) is 33.7 Å². The van der Waals surface area contributed by atoms with Crippen molar-refractivity contribution in [2.45, 2.75) is 26.3 Å². The average Bonchev–Trinajstić information content (AvgIpc) is 3.17. The van der Waals surface area contributed by atoms with Gasteiger partial charge in [0.15, 0.2) is 0 Å². The molecule has 1 amide bonds. The molecule has 0 radical (unpaired) electrons. The van der Waals surface area contributed by atoms with Gasteiger partial charge in [-0.25, -0.2) is 0 Å². The Morgan fingerprint density at radius 2 is 1.58 bits per heavy atom. The van der Waals surface area contributed by atoms with Crippen LogP contribution in [0.4, 0.5) is 5.69 Å². The molecule has 0 bridgehead atoms. The molecule has 1 unspecified atom stereocenters. The molecule has 1 fully saturated rings. The number of aliphatic hydroxyl groups excluding tert-OH is 1. The number of Topliss-reactive ketones (excluding diaryl/α,β-unsaturated/α-hetero) is 1. The summed E-state index contributed by atoms with van der Waals surface area (Å²) in [6, 6.07) is 18.2. The van der Waals surface area contributed by atoms with Gasteiger partial charge in [-0.2, -0.15) is 0 Å². The van der Waals surface area contributed by atoms with Crippen LogP contribution in [0.15, 0.2) is 66.2 Å². The molecule has 0 spiro atoms. The Balaban J connectivity index is 1.80. The summed E-state index contributed by atoms with van der Waals surface area (Å²) in [5, 5.41) is 11.5. The highest BCUT2D eigenvalue weighted by Crippen LogP contribution is 2.41. The Kier molecular flexibility index (Phi) is 7.76. The number of ketones is 1. The zero-order chi connectivity index (χ0) is 27.6. The Morgan fingerprint density at radius 1 is 0.921 bits per heavy atom. The summed E-state index contributed by atoms with van der Waals surface area (Å²) in [6.45, 7) is 4.03. The Labute approximate surface area is 223 Å². The van der Waals surface area contributed by atoms with Gasteiger partial charge in [-0.05, 0) is 78.9 Å². The number of rotatable bonds is 8. The summed E-state index contributed by atoms with van der Waals surface area (Å²) in [4.78, 5) is 30.4. The number of nitrogens with zero attached hydrogens (tertiary/aromatic N) is 2. The zero-order valence-electron chi connectivity index (χ0n) is 22.7. The SMILES string of the molecule is COc1ccc(CCN2C(=O)C(=O)/C(=C(/O)c3cc(C)c(OC)cc3C)C2c2ccc(N(C)C)cc2)cc1. The fourth-order valence-electron chi connectivity index (χ4n) is 4.86. The van der Waals surface area contributed by atoms with Crippen molar-refractivity contribution in [2.24, 2.45) is 0 Å². The number of methoxy groups -OCH3 is 2. The van der Waals surface area contributed by atoms with Gasteiger partial charge in [0.05, 0.1) is 25.8 Å². The number of aryl methyl sites for hydroxylation is 2. The van der Waals surface area contributed by atoms with Crippen molar-refractivity contribution < 1.29 is 24.2 Å². The normalized spacial score (nSPS) is 16.6. The van der Waals surface area contributed by atoms with Crippen molar-refractivity contribution in [1.29, 1.82) is 0 Å². The van der Waals surface area contributed by atoms with E-state index in [9.17, 15) is 14.7 Å². The standard InChI is InChI=1S/C31H34N2O5/c1-19-18-26(38-6)20(2)17-25(19)29(34)27-28(22-9-11-23(12-10-22)32(3)4)33(31(36)30(27)35)16-15-21-7-13-24(37-5)14-8-21/h7-14,17-18,28,34H,15-16H2,1-6H3/b29-27+. The monoisotopic (exact) mass is 514 g/mol. The average molecular weight is 515 g/mol. The van der Waals surface area contributed by atoms with Crippen molar-refractivity contribution in [2.75, 3.05) is 39.8 Å². The van der Waals surface area contributed by atoms with Gasteiger partial charge in [-0.15, -0.1) is 0 Å². The third-order valence-electron chi connectivity index (χ3n) is 7.06. The van der Waals surface area contributed by atoms with Crippen LogP contribution in [0.25, 0.3) is 5.76 Å². The molecule has 1 saturated heterocycles. The van der Waals surface area contributed by atoms with E-state index in [4.69, 9.17) is 9.47 Å². The molecule has 1 atom stereocenters. The summed E-state index contributed by atoms with van der Waals surface area (Å²) in [6.07, 6.45) is 0.546. The van der Waals surface area contributed by atoms with E-state index < -0.39 is 17.7 Å². The number of hydrogen-bond acceptors (Lipinski definition) is 6. The lowest BCUT2D eigenvalue weighted by atomic mass is 9.93. The lowest BCUT2D eigenvalue weighted by Gasteiger charge is -2.26. The Hall–Kier alpha value is -4.26. The molecular formula is C31H34N2O5. The van der Waals surface area contributed by atoms with Crippen LogP contribution in [-0.4, -0.2) is 56.6 Å². The second kappa shape index (κ2) is 11.0. The third-order valence-corrected chi connectivity index (χ3v) is 7.06. The predicted octanol–water partition coefficient (Wildman–Crippen LogP) is 5.05. The van der Waals surface area contributed by atoms with Crippen molar-refractivity contribution in [3.63, 3.8) is 0 Å². The number of benzene rings is 3.